The zero-order valence-electron chi connectivity index (χ0n) is 31.7. The molecule has 14 heteroatoms. The zero-order valence-corrected chi connectivity index (χ0v) is 31.7. The minimum atomic E-state index is -1.10. The van der Waals surface area contributed by atoms with Crippen LogP contribution in [0.1, 0.15) is 98.8 Å². The average Bonchev–Trinajstić information content (AvgIpc) is 3.28. The molecular formula is C38H60N6O8. The van der Waals surface area contributed by atoms with Crippen LogP contribution in [0.4, 0.5) is 4.79 Å². The van der Waals surface area contributed by atoms with Crippen molar-refractivity contribution in [2.45, 2.75) is 123 Å². The van der Waals surface area contributed by atoms with Crippen molar-refractivity contribution in [2.75, 3.05) is 46.1 Å². The molecule has 3 aliphatic heterocycles. The van der Waals surface area contributed by atoms with Crippen molar-refractivity contribution in [2.24, 2.45) is 39.2 Å². The number of likely N-dealkylation sites (tertiary alicyclic amines) is 1. The van der Waals surface area contributed by atoms with E-state index in [0.29, 0.717) is 52.4 Å². The third kappa shape index (κ3) is 6.82. The van der Waals surface area contributed by atoms with Gasteiger partial charge in [0.1, 0.15) is 18.1 Å². The summed E-state index contributed by atoms with van der Waals surface area (Å²) in [6.45, 7) is 13.0. The molecule has 0 aromatic heterocycles. The number of Topliss-reactive ketones (excluding diaryl/α,β-unsaturated/α-hetero) is 1. The van der Waals surface area contributed by atoms with Gasteiger partial charge < -0.3 is 41.0 Å². The van der Waals surface area contributed by atoms with Gasteiger partial charge in [0.15, 0.2) is 0 Å². The Morgan fingerprint density at radius 3 is 2.00 bits per heavy atom. The molecule has 2 spiro atoms. The van der Waals surface area contributed by atoms with Crippen LogP contribution < -0.4 is 21.7 Å². The number of carbonyl (C=O) groups excluding carboxylic acids is 6. The maximum absolute atomic E-state index is 14.9. The minimum absolute atomic E-state index is 0.0147. The number of urea groups is 1. The molecule has 3 heterocycles. The molecular weight excluding hydrogens is 668 g/mol. The molecule has 5 atom stereocenters. The predicted molar refractivity (Wildman–Crippen MR) is 190 cm³/mol. The van der Waals surface area contributed by atoms with E-state index in [1.165, 1.54) is 0 Å². The highest BCUT2D eigenvalue weighted by Crippen LogP contribution is 2.84. The van der Waals surface area contributed by atoms with Crippen LogP contribution in [0.15, 0.2) is 0 Å². The molecule has 0 bridgehead atoms. The van der Waals surface area contributed by atoms with E-state index in [0.717, 1.165) is 51.4 Å². The molecule has 3 saturated carbocycles. The Morgan fingerprint density at radius 2 is 1.48 bits per heavy atom. The highest BCUT2D eigenvalue weighted by atomic mass is 16.5. The van der Waals surface area contributed by atoms with Gasteiger partial charge in [-0.05, 0) is 48.3 Å². The maximum atomic E-state index is 14.9. The molecule has 290 valence electrons. The van der Waals surface area contributed by atoms with Gasteiger partial charge in [0, 0.05) is 30.5 Å². The molecule has 3 saturated heterocycles. The van der Waals surface area contributed by atoms with Gasteiger partial charge >= 0.3 is 6.03 Å². The fraction of sp³-hybridized carbons (Fsp3) is 0.842. The lowest BCUT2D eigenvalue weighted by molar-refractivity contribution is -0.143. The third-order valence-electron chi connectivity index (χ3n) is 13.9. The first kappa shape index (κ1) is 38.5. The summed E-state index contributed by atoms with van der Waals surface area (Å²) in [4.78, 5) is 85.2. The number of ether oxygens (including phenoxy) is 2. The quantitative estimate of drug-likeness (QED) is 0.232. The van der Waals surface area contributed by atoms with Gasteiger partial charge in [-0.1, -0.05) is 73.1 Å². The molecule has 14 nitrogen and oxygen atoms in total. The second kappa shape index (κ2) is 14.5. The number of nitrogens with one attached hydrogen (secondary N) is 3. The Kier molecular flexibility index (Phi) is 10.7. The summed E-state index contributed by atoms with van der Waals surface area (Å²) in [5.74, 6) is -2.80. The van der Waals surface area contributed by atoms with Crippen LogP contribution in [0.5, 0.6) is 0 Å². The first-order valence-corrected chi connectivity index (χ1v) is 19.5. The predicted octanol–water partition coefficient (Wildman–Crippen LogP) is 1.88. The number of nitrogens with two attached hydrogens (primary N) is 1. The molecule has 0 aromatic carbocycles. The minimum Gasteiger partial charge on any atom is -0.380 e. The Bertz CT molecular complexity index is 1420. The highest BCUT2D eigenvalue weighted by molar-refractivity contribution is 6.37. The number of carbonyl (C=O) groups is 6. The molecule has 0 aromatic rings. The zero-order chi connectivity index (χ0) is 37.6. The van der Waals surface area contributed by atoms with E-state index in [1.54, 1.807) is 9.80 Å². The van der Waals surface area contributed by atoms with Gasteiger partial charge in [-0.15, -0.1) is 0 Å². The number of fused-ring (bicyclic) bond motifs is 1. The lowest BCUT2D eigenvalue weighted by Crippen LogP contribution is -2.62. The van der Waals surface area contributed by atoms with E-state index in [9.17, 15) is 28.8 Å². The van der Waals surface area contributed by atoms with Crippen molar-refractivity contribution in [3.63, 3.8) is 0 Å². The van der Waals surface area contributed by atoms with E-state index in [1.807, 2.05) is 20.8 Å². The second-order valence-electron chi connectivity index (χ2n) is 18.0. The van der Waals surface area contributed by atoms with Crippen molar-refractivity contribution in [3.8, 4) is 0 Å². The maximum Gasteiger partial charge on any atom is 0.316 e. The summed E-state index contributed by atoms with van der Waals surface area (Å²) >= 11 is 0. The van der Waals surface area contributed by atoms with Gasteiger partial charge in [0.05, 0.1) is 32.5 Å². The van der Waals surface area contributed by atoms with Crippen molar-refractivity contribution in [1.29, 1.82) is 0 Å². The monoisotopic (exact) mass is 728 g/mol. The number of hydrogen-bond donors (Lipinski definition) is 4. The Hall–Kier alpha value is -3.26. The fourth-order valence-corrected chi connectivity index (χ4v) is 10.1. The van der Waals surface area contributed by atoms with Crippen LogP contribution in [-0.4, -0.2) is 115 Å². The number of amides is 6. The van der Waals surface area contributed by atoms with Gasteiger partial charge in [0.2, 0.25) is 23.5 Å². The van der Waals surface area contributed by atoms with Crippen LogP contribution in [0.25, 0.3) is 0 Å². The molecule has 5 N–H and O–H groups in total. The molecule has 6 aliphatic rings. The van der Waals surface area contributed by atoms with E-state index < -0.39 is 64.5 Å². The van der Waals surface area contributed by atoms with Crippen LogP contribution in [0.3, 0.4) is 0 Å². The first-order valence-electron chi connectivity index (χ1n) is 19.5. The van der Waals surface area contributed by atoms with Crippen LogP contribution >= 0.6 is 0 Å². The molecule has 6 amide bonds. The van der Waals surface area contributed by atoms with Crippen LogP contribution in [0.2, 0.25) is 0 Å². The van der Waals surface area contributed by atoms with Crippen molar-refractivity contribution in [1.82, 2.24) is 25.8 Å². The Labute approximate surface area is 307 Å². The van der Waals surface area contributed by atoms with E-state index in [4.69, 9.17) is 15.2 Å². The molecule has 6 fully saturated rings. The third-order valence-corrected chi connectivity index (χ3v) is 13.9. The second-order valence-corrected chi connectivity index (χ2v) is 18.0. The van der Waals surface area contributed by atoms with Gasteiger partial charge in [0.25, 0.3) is 5.91 Å². The van der Waals surface area contributed by atoms with Gasteiger partial charge in [-0.25, -0.2) is 4.79 Å². The first-order chi connectivity index (χ1) is 24.5. The van der Waals surface area contributed by atoms with Crippen molar-refractivity contribution < 1.29 is 38.2 Å². The summed E-state index contributed by atoms with van der Waals surface area (Å²) in [6.07, 6.45) is 8.26. The highest BCUT2D eigenvalue weighted by Gasteiger charge is 2.86. The van der Waals surface area contributed by atoms with E-state index in [-0.39, 0.29) is 35.1 Å². The normalized spacial score (nSPS) is 28.6. The summed E-state index contributed by atoms with van der Waals surface area (Å²) < 4.78 is 11.2. The summed E-state index contributed by atoms with van der Waals surface area (Å²) in [5, 5.41) is 8.77. The van der Waals surface area contributed by atoms with Crippen molar-refractivity contribution >= 4 is 35.4 Å². The largest absolute Gasteiger partial charge is 0.380 e. The number of hydrogen-bond acceptors (Lipinski definition) is 8. The SMILES string of the molecule is CC(C)(C)[C@H](NC(=O)N[C@H](C(=O)N1CCOCC1)C1CCCCC1)C(=O)N1CC2(C[C@H]1C(=O)NC(CC1CCC1)C(=O)C(N)=O)C(C)(C)C21COC1. The average molecular weight is 729 g/mol. The summed E-state index contributed by atoms with van der Waals surface area (Å²) in [5.41, 5.74) is 3.80. The van der Waals surface area contributed by atoms with Crippen molar-refractivity contribution in [3.05, 3.63) is 0 Å². The van der Waals surface area contributed by atoms with E-state index in [2.05, 4.69) is 29.8 Å². The van der Waals surface area contributed by atoms with Crippen LogP contribution in [-0.2, 0) is 33.4 Å². The van der Waals surface area contributed by atoms with Gasteiger partial charge in [-0.2, -0.15) is 0 Å². The number of primary amides is 1. The topological polar surface area (TPSA) is 189 Å². The fourth-order valence-electron chi connectivity index (χ4n) is 10.1. The standard InChI is InChI=1S/C38H60N6O8/c1-35(2,3)29(42-34(50)41-27(24-12-7-6-8-13-24)32(48)43-14-16-51-17-15-43)33(49)44-20-37(36(4,5)38(37)21-52-22-38)19-26(44)31(47)40-25(28(45)30(39)46)18-23-10-9-11-23/h23-27,29H,6-22H2,1-5H3,(H2,39,46)(H,40,47)(H2,41,42,50)/t25?,26-,27-,29+,37?/m0/s1. The number of nitrogens with zero attached hydrogens (tertiary/aromatic N) is 2. The molecule has 52 heavy (non-hydrogen) atoms. The van der Waals surface area contributed by atoms with Gasteiger partial charge in [-0.3, -0.25) is 24.0 Å². The summed E-state index contributed by atoms with van der Waals surface area (Å²) in [7, 11) is 0. The molecule has 2 unspecified atom stereocenters. The Morgan fingerprint density at radius 1 is 0.827 bits per heavy atom. The number of rotatable bonds is 11. The van der Waals surface area contributed by atoms with E-state index >= 15 is 0 Å². The number of morpholine rings is 1. The molecule has 6 rings (SSSR count). The lowest BCUT2D eigenvalue weighted by Gasteiger charge is -2.38. The Balaban J connectivity index is 1.24. The lowest BCUT2D eigenvalue weighted by atomic mass is 9.80. The smallest absolute Gasteiger partial charge is 0.316 e. The summed E-state index contributed by atoms with van der Waals surface area (Å²) in [6, 6.07) is -4.40. The van der Waals surface area contributed by atoms with Crippen LogP contribution in [0, 0.1) is 33.5 Å². The molecule has 0 radical (unpaired) electrons. The molecule has 3 aliphatic carbocycles. The number of ketones is 1.